The van der Waals surface area contributed by atoms with Gasteiger partial charge in [0.15, 0.2) is 0 Å². The molecule has 1 atom stereocenters. The molecule has 0 saturated carbocycles. The number of carbonyl (C=O) groups excluding carboxylic acids is 2. The van der Waals surface area contributed by atoms with Crippen LogP contribution in [0.5, 0.6) is 0 Å². The molecular formula is C18H17BrN2O2. The van der Waals surface area contributed by atoms with Crippen molar-refractivity contribution in [1.82, 2.24) is 0 Å². The minimum atomic E-state index is -0.339. The van der Waals surface area contributed by atoms with Gasteiger partial charge in [-0.3, -0.25) is 9.59 Å². The zero-order valence-corrected chi connectivity index (χ0v) is 14.3. The molecule has 1 aliphatic heterocycles. The number of hydrogen-bond acceptors (Lipinski definition) is 2. The van der Waals surface area contributed by atoms with E-state index in [1.807, 2.05) is 55.5 Å². The summed E-state index contributed by atoms with van der Waals surface area (Å²) in [4.78, 5) is 26.5. The highest BCUT2D eigenvalue weighted by Crippen LogP contribution is 2.29. The SMILES string of the molecule is Cc1ccccc1N1CC(C(=O)Nc2ccccc2Br)CC1=O. The van der Waals surface area contributed by atoms with Crippen LogP contribution in [0.15, 0.2) is 53.0 Å². The molecule has 1 N–H and O–H groups in total. The maximum absolute atomic E-state index is 12.5. The predicted molar refractivity (Wildman–Crippen MR) is 94.4 cm³/mol. The Morgan fingerprint density at radius 2 is 1.87 bits per heavy atom. The topological polar surface area (TPSA) is 49.4 Å². The van der Waals surface area contributed by atoms with Crippen LogP contribution in [0.2, 0.25) is 0 Å². The Hall–Kier alpha value is -2.14. The normalized spacial score (nSPS) is 17.4. The van der Waals surface area contributed by atoms with Crippen molar-refractivity contribution >= 4 is 39.1 Å². The molecule has 118 valence electrons. The van der Waals surface area contributed by atoms with Gasteiger partial charge in [-0.2, -0.15) is 0 Å². The number of halogens is 1. The van der Waals surface area contributed by atoms with Crippen molar-refractivity contribution in [3.05, 3.63) is 58.6 Å². The van der Waals surface area contributed by atoms with Crippen LogP contribution >= 0.6 is 15.9 Å². The molecule has 0 aliphatic carbocycles. The van der Waals surface area contributed by atoms with Gasteiger partial charge in [-0.15, -0.1) is 0 Å². The number of anilines is 2. The second-order valence-corrected chi connectivity index (χ2v) is 6.52. The smallest absolute Gasteiger partial charge is 0.229 e. The summed E-state index contributed by atoms with van der Waals surface area (Å²) in [5.41, 5.74) is 2.64. The largest absolute Gasteiger partial charge is 0.325 e. The fourth-order valence-corrected chi connectivity index (χ4v) is 3.16. The average Bonchev–Trinajstić information content (AvgIpc) is 2.92. The summed E-state index contributed by atoms with van der Waals surface area (Å²) in [6.45, 7) is 2.39. The highest BCUT2D eigenvalue weighted by molar-refractivity contribution is 9.10. The third kappa shape index (κ3) is 3.29. The number of carbonyl (C=O) groups is 2. The fraction of sp³-hybridized carbons (Fsp3) is 0.222. The first-order valence-corrected chi connectivity index (χ1v) is 8.27. The molecule has 0 spiro atoms. The number of nitrogens with one attached hydrogen (secondary N) is 1. The van der Waals surface area contributed by atoms with Gasteiger partial charge in [-0.25, -0.2) is 0 Å². The summed E-state index contributed by atoms with van der Waals surface area (Å²) >= 11 is 3.41. The second kappa shape index (κ2) is 6.54. The molecular weight excluding hydrogens is 356 g/mol. The minimum absolute atomic E-state index is 0.00780. The summed E-state index contributed by atoms with van der Waals surface area (Å²) in [6, 6.07) is 15.2. The van der Waals surface area contributed by atoms with Crippen LogP contribution in [0.1, 0.15) is 12.0 Å². The second-order valence-electron chi connectivity index (χ2n) is 5.66. The van der Waals surface area contributed by atoms with Crippen LogP contribution in [-0.4, -0.2) is 18.4 Å². The van der Waals surface area contributed by atoms with Crippen molar-refractivity contribution in [2.75, 3.05) is 16.8 Å². The maximum atomic E-state index is 12.5. The number of nitrogens with zero attached hydrogens (tertiary/aromatic N) is 1. The molecule has 2 aromatic rings. The lowest BCUT2D eigenvalue weighted by molar-refractivity contribution is -0.122. The summed E-state index contributed by atoms with van der Waals surface area (Å²) in [5, 5.41) is 2.89. The Kier molecular flexibility index (Phi) is 4.48. The highest BCUT2D eigenvalue weighted by Gasteiger charge is 2.35. The molecule has 4 nitrogen and oxygen atoms in total. The average molecular weight is 373 g/mol. The molecule has 1 fully saturated rings. The minimum Gasteiger partial charge on any atom is -0.325 e. The Morgan fingerprint density at radius 3 is 2.61 bits per heavy atom. The van der Waals surface area contributed by atoms with E-state index in [2.05, 4.69) is 21.2 Å². The number of hydrogen-bond donors (Lipinski definition) is 1. The first-order chi connectivity index (χ1) is 11.1. The van der Waals surface area contributed by atoms with E-state index < -0.39 is 0 Å². The van der Waals surface area contributed by atoms with Crippen molar-refractivity contribution in [3.8, 4) is 0 Å². The number of rotatable bonds is 3. The third-order valence-corrected chi connectivity index (χ3v) is 4.73. The quantitative estimate of drug-likeness (QED) is 0.891. The van der Waals surface area contributed by atoms with Gasteiger partial charge < -0.3 is 10.2 Å². The van der Waals surface area contributed by atoms with E-state index in [1.165, 1.54) is 0 Å². The van der Waals surface area contributed by atoms with E-state index in [4.69, 9.17) is 0 Å². The van der Waals surface area contributed by atoms with Gasteiger partial charge in [-0.05, 0) is 46.6 Å². The number of amides is 2. The predicted octanol–water partition coefficient (Wildman–Crippen LogP) is 3.75. The monoisotopic (exact) mass is 372 g/mol. The Bertz CT molecular complexity index is 760. The van der Waals surface area contributed by atoms with Crippen molar-refractivity contribution < 1.29 is 9.59 Å². The van der Waals surface area contributed by atoms with Crippen LogP contribution in [0, 0.1) is 12.8 Å². The van der Waals surface area contributed by atoms with Gasteiger partial charge in [0.05, 0.1) is 11.6 Å². The van der Waals surface area contributed by atoms with Gasteiger partial charge in [0.2, 0.25) is 11.8 Å². The first kappa shape index (κ1) is 15.7. The molecule has 1 saturated heterocycles. The van der Waals surface area contributed by atoms with E-state index in [-0.39, 0.29) is 24.2 Å². The van der Waals surface area contributed by atoms with Crippen LogP contribution in [0.25, 0.3) is 0 Å². The van der Waals surface area contributed by atoms with Crippen LogP contribution < -0.4 is 10.2 Å². The molecule has 2 aromatic carbocycles. The number of benzene rings is 2. The summed E-state index contributed by atoms with van der Waals surface area (Å²) in [7, 11) is 0. The molecule has 5 heteroatoms. The lowest BCUT2D eigenvalue weighted by atomic mass is 10.1. The summed E-state index contributed by atoms with van der Waals surface area (Å²) in [5.74, 6) is -0.470. The van der Waals surface area contributed by atoms with Crippen molar-refractivity contribution in [2.24, 2.45) is 5.92 Å². The lowest BCUT2D eigenvalue weighted by Gasteiger charge is -2.19. The fourth-order valence-electron chi connectivity index (χ4n) is 2.78. The Morgan fingerprint density at radius 1 is 1.17 bits per heavy atom. The molecule has 0 radical (unpaired) electrons. The van der Waals surface area contributed by atoms with Crippen LogP contribution in [-0.2, 0) is 9.59 Å². The summed E-state index contributed by atoms with van der Waals surface area (Å²) < 4.78 is 0.827. The van der Waals surface area contributed by atoms with Crippen LogP contribution in [0.3, 0.4) is 0 Å². The van der Waals surface area contributed by atoms with E-state index >= 15 is 0 Å². The van der Waals surface area contributed by atoms with Crippen molar-refractivity contribution in [3.63, 3.8) is 0 Å². The van der Waals surface area contributed by atoms with Gasteiger partial charge in [-0.1, -0.05) is 30.3 Å². The molecule has 0 aromatic heterocycles. The van der Waals surface area contributed by atoms with Gasteiger partial charge in [0, 0.05) is 23.1 Å². The highest BCUT2D eigenvalue weighted by atomic mass is 79.9. The zero-order chi connectivity index (χ0) is 16.4. The third-order valence-electron chi connectivity index (χ3n) is 4.03. The Balaban J connectivity index is 1.74. The van der Waals surface area contributed by atoms with E-state index in [0.29, 0.717) is 6.54 Å². The zero-order valence-electron chi connectivity index (χ0n) is 12.8. The standard InChI is InChI=1S/C18H17BrN2O2/c1-12-6-2-5-9-16(12)21-11-13(10-17(21)22)18(23)20-15-8-4-3-7-14(15)19/h2-9,13H,10-11H2,1H3,(H,20,23). The van der Waals surface area contributed by atoms with E-state index in [1.54, 1.807) is 4.90 Å². The molecule has 3 rings (SSSR count). The molecule has 1 aliphatic rings. The molecule has 1 unspecified atom stereocenters. The molecule has 2 amide bonds. The van der Waals surface area contributed by atoms with Gasteiger partial charge >= 0.3 is 0 Å². The first-order valence-electron chi connectivity index (χ1n) is 7.47. The van der Waals surface area contributed by atoms with Crippen molar-refractivity contribution in [2.45, 2.75) is 13.3 Å². The van der Waals surface area contributed by atoms with Crippen molar-refractivity contribution in [1.29, 1.82) is 0 Å². The van der Waals surface area contributed by atoms with Gasteiger partial charge in [0.25, 0.3) is 0 Å². The number of para-hydroxylation sites is 2. The van der Waals surface area contributed by atoms with E-state index in [9.17, 15) is 9.59 Å². The molecule has 23 heavy (non-hydrogen) atoms. The molecule has 0 bridgehead atoms. The van der Waals surface area contributed by atoms with Gasteiger partial charge in [0.1, 0.15) is 0 Å². The lowest BCUT2D eigenvalue weighted by Crippen LogP contribution is -2.28. The number of aryl methyl sites for hydroxylation is 1. The van der Waals surface area contributed by atoms with E-state index in [0.717, 1.165) is 21.4 Å². The summed E-state index contributed by atoms with van der Waals surface area (Å²) in [6.07, 6.45) is 0.241. The van der Waals surface area contributed by atoms with Crippen LogP contribution in [0.4, 0.5) is 11.4 Å². The maximum Gasteiger partial charge on any atom is 0.229 e. The Labute approximate surface area is 143 Å². The molecule has 1 heterocycles.